The van der Waals surface area contributed by atoms with Crippen LogP contribution in [0, 0.1) is 13.8 Å². The molecule has 0 atom stereocenters. The van der Waals surface area contributed by atoms with Crippen molar-refractivity contribution in [3.63, 3.8) is 0 Å². The molecule has 0 unspecified atom stereocenters. The molecule has 9 heteroatoms. The van der Waals surface area contributed by atoms with Crippen molar-refractivity contribution < 1.29 is 17.9 Å². The van der Waals surface area contributed by atoms with E-state index in [0.717, 1.165) is 32.8 Å². The number of aromatic nitrogens is 1. The summed E-state index contributed by atoms with van der Waals surface area (Å²) in [4.78, 5) is 15.9. The third-order valence-corrected chi connectivity index (χ3v) is 8.19. The maximum atomic E-state index is 12.8. The van der Waals surface area contributed by atoms with E-state index in [4.69, 9.17) is 27.9 Å². The molecule has 1 heterocycles. The third-order valence-electron chi connectivity index (χ3n) is 5.54. The number of H-pyrrole nitrogens is 1. The van der Waals surface area contributed by atoms with Crippen LogP contribution < -0.4 is 9.46 Å². The van der Waals surface area contributed by atoms with E-state index in [2.05, 4.69) is 9.71 Å². The van der Waals surface area contributed by atoms with Crippen LogP contribution in [0.1, 0.15) is 46.4 Å². The van der Waals surface area contributed by atoms with Crippen LogP contribution in [-0.4, -0.2) is 31.2 Å². The Morgan fingerprint density at radius 3 is 2.50 bits per heavy atom. The number of amides is 1. The molecule has 2 aromatic carbocycles. The van der Waals surface area contributed by atoms with Gasteiger partial charge in [0.05, 0.1) is 11.9 Å². The summed E-state index contributed by atoms with van der Waals surface area (Å²) in [6, 6.07) is 9.10. The van der Waals surface area contributed by atoms with Crippen LogP contribution in [0.15, 0.2) is 30.3 Å². The van der Waals surface area contributed by atoms with Gasteiger partial charge in [-0.15, -0.1) is 0 Å². The molecular formula is C23H24Cl2N2O4S. The molecule has 1 fully saturated rings. The highest BCUT2D eigenvalue weighted by molar-refractivity contribution is 7.91. The van der Waals surface area contributed by atoms with Crippen LogP contribution in [0.4, 0.5) is 0 Å². The van der Waals surface area contributed by atoms with Gasteiger partial charge in [0.15, 0.2) is 0 Å². The Morgan fingerprint density at radius 2 is 1.84 bits per heavy atom. The zero-order chi connectivity index (χ0) is 23.0. The van der Waals surface area contributed by atoms with Gasteiger partial charge in [0.2, 0.25) is 10.0 Å². The van der Waals surface area contributed by atoms with E-state index in [1.54, 1.807) is 12.1 Å². The predicted octanol–water partition coefficient (Wildman–Crippen LogP) is 5.33. The number of aryl methyl sites for hydroxylation is 3. The Balaban J connectivity index is 1.51. The zero-order valence-electron chi connectivity index (χ0n) is 17.8. The van der Waals surface area contributed by atoms with Crippen molar-refractivity contribution in [1.82, 2.24) is 9.71 Å². The first-order valence-corrected chi connectivity index (χ1v) is 12.7. The van der Waals surface area contributed by atoms with Gasteiger partial charge in [-0.25, -0.2) is 13.1 Å². The van der Waals surface area contributed by atoms with E-state index in [-0.39, 0.29) is 5.69 Å². The average molecular weight is 495 g/mol. The number of nitrogens with one attached hydrogen (secondary N) is 2. The molecule has 1 aromatic heterocycles. The van der Waals surface area contributed by atoms with Gasteiger partial charge < -0.3 is 9.72 Å². The number of ether oxygens (including phenoxy) is 1. The van der Waals surface area contributed by atoms with Crippen molar-refractivity contribution in [1.29, 1.82) is 0 Å². The first kappa shape index (κ1) is 23.0. The Kier molecular flexibility index (Phi) is 6.43. The minimum absolute atomic E-state index is 0.240. The fourth-order valence-corrected chi connectivity index (χ4v) is 5.32. The van der Waals surface area contributed by atoms with Gasteiger partial charge in [0.25, 0.3) is 5.91 Å². The SMILES string of the molecule is Cc1cc(OCCCc2c(C(=O)NS(=O)(=O)C3CC3)[nH]c3cc(Cl)ccc23)cc(C)c1Cl. The van der Waals surface area contributed by atoms with Crippen LogP contribution in [0.5, 0.6) is 5.75 Å². The maximum absolute atomic E-state index is 12.8. The second-order valence-corrected chi connectivity index (χ2v) is 10.9. The molecule has 0 bridgehead atoms. The van der Waals surface area contributed by atoms with Crippen molar-refractivity contribution in [3.8, 4) is 5.75 Å². The largest absolute Gasteiger partial charge is 0.494 e. The normalized spacial score (nSPS) is 14.0. The van der Waals surface area contributed by atoms with E-state index in [0.29, 0.717) is 42.8 Å². The van der Waals surface area contributed by atoms with Crippen LogP contribution >= 0.6 is 23.2 Å². The van der Waals surface area contributed by atoms with Crippen molar-refractivity contribution in [2.75, 3.05) is 6.61 Å². The van der Waals surface area contributed by atoms with Gasteiger partial charge in [-0.05, 0) is 80.5 Å². The molecule has 170 valence electrons. The number of hydrogen-bond donors (Lipinski definition) is 2. The van der Waals surface area contributed by atoms with E-state index < -0.39 is 21.2 Å². The number of aromatic amines is 1. The number of carbonyl (C=O) groups is 1. The van der Waals surface area contributed by atoms with Crippen LogP contribution in [0.25, 0.3) is 10.9 Å². The summed E-state index contributed by atoms with van der Waals surface area (Å²) in [5, 5.41) is 1.61. The molecule has 0 aliphatic heterocycles. The standard InChI is InChI=1S/C23H24Cl2N2O4S/c1-13-10-16(11-14(2)21(13)25)31-9-3-4-19-18-8-5-15(24)12-20(18)26-22(19)23(28)27-32(29,30)17-6-7-17/h5,8,10-12,17,26H,3-4,6-7,9H2,1-2H3,(H,27,28). The summed E-state index contributed by atoms with van der Waals surface area (Å²) in [5.74, 6) is 0.0905. The number of rotatable bonds is 8. The highest BCUT2D eigenvalue weighted by Crippen LogP contribution is 2.30. The fourth-order valence-electron chi connectivity index (χ4n) is 3.75. The minimum Gasteiger partial charge on any atom is -0.494 e. The number of hydrogen-bond acceptors (Lipinski definition) is 4. The molecule has 0 saturated heterocycles. The minimum atomic E-state index is -3.65. The quantitative estimate of drug-likeness (QED) is 0.414. The van der Waals surface area contributed by atoms with Gasteiger partial charge >= 0.3 is 0 Å². The molecule has 0 spiro atoms. The van der Waals surface area contributed by atoms with Crippen molar-refractivity contribution in [2.24, 2.45) is 0 Å². The van der Waals surface area contributed by atoms with Crippen molar-refractivity contribution >= 4 is 50.0 Å². The van der Waals surface area contributed by atoms with Crippen molar-refractivity contribution in [2.45, 2.75) is 44.8 Å². The van der Waals surface area contributed by atoms with Gasteiger partial charge in [0.1, 0.15) is 11.4 Å². The Labute approximate surface area is 197 Å². The molecule has 2 N–H and O–H groups in total. The lowest BCUT2D eigenvalue weighted by Crippen LogP contribution is -2.34. The molecule has 32 heavy (non-hydrogen) atoms. The molecule has 1 aliphatic carbocycles. The van der Waals surface area contributed by atoms with Gasteiger partial charge in [-0.2, -0.15) is 0 Å². The Hall–Kier alpha value is -2.22. The molecule has 3 aromatic rings. The summed E-state index contributed by atoms with van der Waals surface area (Å²) in [6.45, 7) is 4.29. The average Bonchev–Trinajstić information content (AvgIpc) is 3.52. The van der Waals surface area contributed by atoms with Gasteiger partial charge in [-0.1, -0.05) is 29.3 Å². The molecule has 4 rings (SSSR count). The number of sulfonamides is 1. The molecular weight excluding hydrogens is 471 g/mol. The van der Waals surface area contributed by atoms with Gasteiger partial charge in [0, 0.05) is 20.9 Å². The summed E-state index contributed by atoms with van der Waals surface area (Å²) in [6.07, 6.45) is 2.32. The number of benzene rings is 2. The van der Waals surface area contributed by atoms with Crippen LogP contribution in [-0.2, 0) is 16.4 Å². The lowest BCUT2D eigenvalue weighted by atomic mass is 10.1. The maximum Gasteiger partial charge on any atom is 0.281 e. The van der Waals surface area contributed by atoms with E-state index in [1.165, 1.54) is 0 Å². The van der Waals surface area contributed by atoms with Gasteiger partial charge in [-0.3, -0.25) is 4.79 Å². The molecule has 0 radical (unpaired) electrons. The van der Waals surface area contributed by atoms with E-state index in [9.17, 15) is 13.2 Å². The Morgan fingerprint density at radius 1 is 1.16 bits per heavy atom. The number of carbonyl (C=O) groups excluding carboxylic acids is 1. The topological polar surface area (TPSA) is 88.3 Å². The monoisotopic (exact) mass is 494 g/mol. The van der Waals surface area contributed by atoms with Crippen LogP contribution in [0.3, 0.4) is 0 Å². The summed E-state index contributed by atoms with van der Waals surface area (Å²) < 4.78 is 32.6. The second kappa shape index (κ2) is 8.96. The highest BCUT2D eigenvalue weighted by Gasteiger charge is 2.37. The summed E-state index contributed by atoms with van der Waals surface area (Å²) in [5.41, 5.74) is 3.57. The van der Waals surface area contributed by atoms with E-state index in [1.807, 2.05) is 32.0 Å². The predicted molar refractivity (Wildman–Crippen MR) is 127 cm³/mol. The lowest BCUT2D eigenvalue weighted by Gasteiger charge is -2.11. The molecule has 1 saturated carbocycles. The third kappa shape index (κ3) is 4.90. The number of fused-ring (bicyclic) bond motifs is 1. The first-order valence-electron chi connectivity index (χ1n) is 10.4. The number of halogens is 2. The fraction of sp³-hybridized carbons (Fsp3) is 0.348. The van der Waals surface area contributed by atoms with Crippen LogP contribution in [0.2, 0.25) is 10.0 Å². The van der Waals surface area contributed by atoms with E-state index >= 15 is 0 Å². The molecule has 1 amide bonds. The smallest absolute Gasteiger partial charge is 0.281 e. The van der Waals surface area contributed by atoms with Crippen molar-refractivity contribution in [3.05, 3.63) is 62.8 Å². The highest BCUT2D eigenvalue weighted by atomic mass is 35.5. The zero-order valence-corrected chi connectivity index (χ0v) is 20.1. The first-order chi connectivity index (χ1) is 15.2. The second-order valence-electron chi connectivity index (χ2n) is 8.17. The summed E-state index contributed by atoms with van der Waals surface area (Å²) in [7, 11) is -3.65. The Bertz CT molecular complexity index is 1270. The lowest BCUT2D eigenvalue weighted by molar-refractivity contribution is 0.0976. The molecule has 6 nitrogen and oxygen atoms in total. The summed E-state index contributed by atoms with van der Waals surface area (Å²) >= 11 is 12.3. The molecule has 1 aliphatic rings.